The van der Waals surface area contributed by atoms with Crippen LogP contribution >= 0.6 is 11.9 Å². The van der Waals surface area contributed by atoms with Crippen LogP contribution in [0.3, 0.4) is 0 Å². The molecule has 0 bridgehead atoms. The van der Waals surface area contributed by atoms with Crippen molar-refractivity contribution in [2.24, 2.45) is 16.8 Å². The minimum atomic E-state index is -0.418. The van der Waals surface area contributed by atoms with Gasteiger partial charge >= 0.3 is 5.76 Å². The van der Waals surface area contributed by atoms with E-state index in [0.717, 1.165) is 52.7 Å². The second-order valence-corrected chi connectivity index (χ2v) is 12.1. The van der Waals surface area contributed by atoms with Gasteiger partial charge in [0.2, 0.25) is 0 Å². The van der Waals surface area contributed by atoms with E-state index < -0.39 is 5.76 Å². The largest absolute Gasteiger partial charge is 0.417 e. The van der Waals surface area contributed by atoms with Crippen LogP contribution < -0.4 is 10.5 Å². The summed E-state index contributed by atoms with van der Waals surface area (Å²) in [6, 6.07) is 24.5. The van der Waals surface area contributed by atoms with Gasteiger partial charge in [-0.15, -0.1) is 0 Å². The van der Waals surface area contributed by atoms with Crippen LogP contribution in [-0.2, 0) is 0 Å². The quantitative estimate of drug-likeness (QED) is 0.145. The summed E-state index contributed by atoms with van der Waals surface area (Å²) in [5.74, 6) is 2.37. The van der Waals surface area contributed by atoms with Gasteiger partial charge in [-0.25, -0.2) is 9.78 Å². The van der Waals surface area contributed by atoms with E-state index in [2.05, 4.69) is 63.9 Å². The molecular formula is C34H41N5O2S. The van der Waals surface area contributed by atoms with Gasteiger partial charge in [-0.2, -0.15) is 0 Å². The SMILES string of the molecule is CCC(C)C1CCCC1=NCCC(CNSc1ccc2[nH]c(=O)oc2c1)c1ccccc1.Cc1nc2ccccc2[nH]1. The molecule has 1 fully saturated rings. The number of fused-ring (bicyclic) bond motifs is 2. The Labute approximate surface area is 251 Å². The smallest absolute Gasteiger partial charge is 0.408 e. The van der Waals surface area contributed by atoms with Crippen molar-refractivity contribution in [3.05, 3.63) is 94.7 Å². The van der Waals surface area contributed by atoms with Gasteiger partial charge in [0.05, 0.1) is 16.6 Å². The van der Waals surface area contributed by atoms with E-state index in [1.807, 2.05) is 49.4 Å². The van der Waals surface area contributed by atoms with Gasteiger partial charge in [0.25, 0.3) is 0 Å². The van der Waals surface area contributed by atoms with Crippen LogP contribution in [0.1, 0.15) is 63.3 Å². The lowest BCUT2D eigenvalue weighted by Crippen LogP contribution is -2.18. The monoisotopic (exact) mass is 583 g/mol. The van der Waals surface area contributed by atoms with Crippen LogP contribution in [0, 0.1) is 18.8 Å². The number of nitrogens with zero attached hydrogens (tertiary/aromatic N) is 2. The van der Waals surface area contributed by atoms with Gasteiger partial charge in [-0.1, -0.05) is 62.7 Å². The van der Waals surface area contributed by atoms with Crippen LogP contribution in [0.15, 0.2) is 91.9 Å². The molecule has 1 aliphatic carbocycles. The summed E-state index contributed by atoms with van der Waals surface area (Å²) >= 11 is 1.57. The van der Waals surface area contributed by atoms with E-state index in [-0.39, 0.29) is 0 Å². The Kier molecular flexibility index (Phi) is 10.3. The Morgan fingerprint density at radius 3 is 2.69 bits per heavy atom. The summed E-state index contributed by atoms with van der Waals surface area (Å²) in [6.07, 6.45) is 6.03. The molecule has 0 aliphatic heterocycles. The minimum Gasteiger partial charge on any atom is -0.408 e. The molecule has 3 N–H and O–H groups in total. The molecule has 0 spiro atoms. The summed E-state index contributed by atoms with van der Waals surface area (Å²) in [4.78, 5) is 27.6. The Bertz CT molecular complexity index is 1620. The van der Waals surface area contributed by atoms with Crippen LogP contribution in [-0.4, -0.2) is 33.8 Å². The van der Waals surface area contributed by atoms with E-state index in [1.54, 1.807) is 11.9 Å². The summed E-state index contributed by atoms with van der Waals surface area (Å²) in [5.41, 5.74) is 6.26. The molecule has 6 rings (SSSR count). The fourth-order valence-corrected chi connectivity index (χ4v) is 6.47. The maximum atomic E-state index is 11.4. The van der Waals surface area contributed by atoms with E-state index in [4.69, 9.17) is 9.41 Å². The summed E-state index contributed by atoms with van der Waals surface area (Å²) < 4.78 is 8.70. The van der Waals surface area contributed by atoms with Gasteiger partial charge in [0.1, 0.15) is 5.82 Å². The summed E-state index contributed by atoms with van der Waals surface area (Å²) in [5, 5.41) is 0. The highest BCUT2D eigenvalue weighted by Gasteiger charge is 2.26. The number of nitrogens with one attached hydrogen (secondary N) is 3. The standard InChI is InChI=1S/C26H33N3O2S.C8H8N2/c1-3-18(2)22-10-7-11-23(22)27-15-14-20(19-8-5-4-6-9-19)17-28-32-21-12-13-24-25(16-21)31-26(30)29-24;1-6-9-7-4-2-3-5-8(7)10-6/h4-6,8-9,12-13,16,18,20,22,28H,3,7,10-11,14-15,17H2,1-2H3,(H,29,30);2-5H,1H3,(H,9,10). The second kappa shape index (κ2) is 14.5. The Morgan fingerprint density at radius 2 is 1.88 bits per heavy atom. The number of hydrogen-bond acceptors (Lipinski definition) is 6. The number of imidazole rings is 1. The van der Waals surface area contributed by atoms with Crippen molar-refractivity contribution >= 4 is 39.8 Å². The summed E-state index contributed by atoms with van der Waals surface area (Å²) in [6.45, 7) is 8.35. The fourth-order valence-electron chi connectivity index (χ4n) is 5.72. The van der Waals surface area contributed by atoms with Gasteiger partial charge < -0.3 is 9.40 Å². The highest BCUT2D eigenvalue weighted by atomic mass is 32.2. The number of para-hydroxylation sites is 2. The zero-order valence-corrected chi connectivity index (χ0v) is 25.5. The van der Waals surface area contributed by atoms with Crippen molar-refractivity contribution < 1.29 is 4.42 Å². The number of aromatic amines is 2. The first kappa shape index (κ1) is 29.9. The van der Waals surface area contributed by atoms with Crippen molar-refractivity contribution in [2.75, 3.05) is 13.1 Å². The molecule has 1 aliphatic rings. The molecule has 3 unspecified atom stereocenters. The van der Waals surface area contributed by atoms with Crippen molar-refractivity contribution in [1.29, 1.82) is 0 Å². The van der Waals surface area contributed by atoms with E-state index in [9.17, 15) is 4.79 Å². The minimum absolute atomic E-state index is 0.394. The zero-order chi connectivity index (χ0) is 29.3. The average molecular weight is 584 g/mol. The molecule has 42 heavy (non-hydrogen) atoms. The third-order valence-corrected chi connectivity index (χ3v) is 8.99. The third kappa shape index (κ3) is 7.81. The first-order valence-electron chi connectivity index (χ1n) is 15.0. The number of benzene rings is 3. The molecule has 220 valence electrons. The zero-order valence-electron chi connectivity index (χ0n) is 24.7. The van der Waals surface area contributed by atoms with Crippen molar-refractivity contribution in [2.45, 2.75) is 63.7 Å². The topological polar surface area (TPSA) is 99.1 Å². The third-order valence-electron chi connectivity index (χ3n) is 8.19. The molecule has 2 aromatic heterocycles. The fraction of sp³-hybridized carbons (Fsp3) is 0.382. The highest BCUT2D eigenvalue weighted by Crippen LogP contribution is 2.31. The van der Waals surface area contributed by atoms with Crippen LogP contribution in [0.25, 0.3) is 22.1 Å². The Balaban J connectivity index is 0.000000295. The van der Waals surface area contributed by atoms with Crippen LogP contribution in [0.4, 0.5) is 0 Å². The molecule has 1 saturated carbocycles. The first-order chi connectivity index (χ1) is 20.5. The summed E-state index contributed by atoms with van der Waals surface area (Å²) in [7, 11) is 0. The van der Waals surface area contributed by atoms with E-state index in [1.165, 1.54) is 37.0 Å². The predicted molar refractivity (Wildman–Crippen MR) is 174 cm³/mol. The van der Waals surface area contributed by atoms with Crippen molar-refractivity contribution in [3.8, 4) is 0 Å². The van der Waals surface area contributed by atoms with Crippen LogP contribution in [0.5, 0.6) is 0 Å². The molecule has 7 nitrogen and oxygen atoms in total. The molecular weight excluding hydrogens is 542 g/mol. The molecule has 8 heteroatoms. The number of rotatable bonds is 10. The molecule has 0 amide bonds. The normalized spacial score (nSPS) is 17.4. The van der Waals surface area contributed by atoms with Crippen LogP contribution in [0.2, 0.25) is 0 Å². The number of hydrogen-bond donors (Lipinski definition) is 3. The lowest BCUT2D eigenvalue weighted by molar-refractivity contribution is 0.434. The van der Waals surface area contributed by atoms with Crippen molar-refractivity contribution in [3.63, 3.8) is 0 Å². The lowest BCUT2D eigenvalue weighted by atomic mass is 9.89. The molecule has 2 heterocycles. The number of oxazole rings is 1. The molecule has 3 atom stereocenters. The molecule has 0 saturated heterocycles. The Hall–Kier alpha value is -3.62. The van der Waals surface area contributed by atoms with Gasteiger partial charge in [-0.3, -0.25) is 14.7 Å². The molecule has 0 radical (unpaired) electrons. The number of aromatic nitrogens is 3. The number of aliphatic imine (C=N–C) groups is 1. The second-order valence-electron chi connectivity index (χ2n) is 11.1. The Morgan fingerprint density at radius 1 is 1.07 bits per heavy atom. The predicted octanol–water partition coefficient (Wildman–Crippen LogP) is 8.05. The maximum Gasteiger partial charge on any atom is 0.417 e. The average Bonchev–Trinajstić information content (AvgIpc) is 3.73. The van der Waals surface area contributed by atoms with Crippen molar-refractivity contribution in [1.82, 2.24) is 19.7 Å². The first-order valence-corrected chi connectivity index (χ1v) is 15.8. The number of aryl methyl sites for hydroxylation is 1. The molecule has 5 aromatic rings. The van der Waals surface area contributed by atoms with E-state index in [0.29, 0.717) is 17.4 Å². The molecule has 3 aromatic carbocycles. The highest BCUT2D eigenvalue weighted by molar-refractivity contribution is 7.97. The lowest BCUT2D eigenvalue weighted by Gasteiger charge is -2.20. The van der Waals surface area contributed by atoms with Gasteiger partial charge in [-0.05, 0) is 98.2 Å². The maximum absolute atomic E-state index is 11.4. The van der Waals surface area contributed by atoms with Gasteiger partial charge in [0, 0.05) is 23.7 Å². The van der Waals surface area contributed by atoms with Gasteiger partial charge in [0.15, 0.2) is 5.58 Å². The van der Waals surface area contributed by atoms with E-state index >= 15 is 0 Å². The number of H-pyrrole nitrogens is 2.